The fraction of sp³-hybridized carbons (Fsp3) is 0.500. The number of hydrogen-bond donors (Lipinski definition) is 0. The van der Waals surface area contributed by atoms with Crippen LogP contribution < -0.4 is 10.2 Å². The summed E-state index contributed by atoms with van der Waals surface area (Å²) in [6, 6.07) is 5.25. The lowest BCUT2D eigenvalue weighted by Gasteiger charge is -2.32. The van der Waals surface area contributed by atoms with Crippen molar-refractivity contribution < 1.29 is 18.8 Å². The third-order valence-corrected chi connectivity index (χ3v) is 3.93. The number of rotatable bonds is 3. The summed E-state index contributed by atoms with van der Waals surface area (Å²) in [5, 5.41) is 0. The highest BCUT2D eigenvalue weighted by atomic mass is 16.7. The van der Waals surface area contributed by atoms with Crippen LogP contribution in [0.3, 0.4) is 0 Å². The molecule has 5 heteroatoms. The first-order valence-corrected chi connectivity index (χ1v) is 6.29. The zero-order chi connectivity index (χ0) is 14.3. The smallest absolute Gasteiger partial charge is 0.495 e. The molecule has 0 radical (unpaired) electrons. The van der Waals surface area contributed by atoms with Gasteiger partial charge in [-0.15, -0.1) is 0 Å². The molecule has 2 rings (SSSR count). The molecule has 0 unspecified atom stereocenters. The van der Waals surface area contributed by atoms with Crippen LogP contribution >= 0.6 is 0 Å². The lowest BCUT2D eigenvalue weighted by atomic mass is 9.76. The van der Waals surface area contributed by atoms with Gasteiger partial charge in [-0.05, 0) is 51.4 Å². The molecule has 19 heavy (non-hydrogen) atoms. The van der Waals surface area contributed by atoms with E-state index in [1.165, 1.54) is 0 Å². The van der Waals surface area contributed by atoms with E-state index in [1.807, 2.05) is 27.7 Å². The largest absolute Gasteiger partial charge is 0.497 e. The van der Waals surface area contributed by atoms with Crippen molar-refractivity contribution in [2.24, 2.45) is 0 Å². The number of aldehydes is 1. The minimum atomic E-state index is -0.555. The van der Waals surface area contributed by atoms with Gasteiger partial charge in [0, 0.05) is 5.56 Å². The van der Waals surface area contributed by atoms with Crippen LogP contribution in [-0.2, 0) is 9.31 Å². The average molecular weight is 262 g/mol. The normalized spacial score (nSPS) is 20.4. The van der Waals surface area contributed by atoms with Crippen LogP contribution in [0.2, 0.25) is 0 Å². The van der Waals surface area contributed by atoms with Crippen molar-refractivity contribution in [3.8, 4) is 5.75 Å². The van der Waals surface area contributed by atoms with Crippen molar-refractivity contribution in [1.29, 1.82) is 0 Å². The van der Waals surface area contributed by atoms with Gasteiger partial charge < -0.3 is 14.0 Å². The quantitative estimate of drug-likeness (QED) is 0.615. The maximum absolute atomic E-state index is 11.2. The van der Waals surface area contributed by atoms with E-state index in [2.05, 4.69) is 0 Å². The van der Waals surface area contributed by atoms with Crippen LogP contribution in [0.5, 0.6) is 5.75 Å². The van der Waals surface area contributed by atoms with E-state index in [-0.39, 0.29) is 0 Å². The van der Waals surface area contributed by atoms with Gasteiger partial charge in [-0.25, -0.2) is 0 Å². The van der Waals surface area contributed by atoms with Crippen LogP contribution in [0.25, 0.3) is 0 Å². The SMILES string of the molecule is COc1ccc(C=O)c(B2OC(C)(C)C(C)(C)O2)c1. The van der Waals surface area contributed by atoms with E-state index in [1.54, 1.807) is 25.3 Å². The highest BCUT2D eigenvalue weighted by Crippen LogP contribution is 2.36. The molecule has 0 bridgehead atoms. The number of methoxy groups -OCH3 is 1. The number of ether oxygens (including phenoxy) is 1. The highest BCUT2D eigenvalue weighted by Gasteiger charge is 2.52. The van der Waals surface area contributed by atoms with Gasteiger partial charge in [-0.3, -0.25) is 4.79 Å². The van der Waals surface area contributed by atoms with Crippen LogP contribution in [-0.4, -0.2) is 31.7 Å². The van der Waals surface area contributed by atoms with Gasteiger partial charge in [-0.1, -0.05) is 0 Å². The van der Waals surface area contributed by atoms with Gasteiger partial charge in [0.15, 0.2) is 0 Å². The predicted octanol–water partition coefficient (Wildman–Crippen LogP) is 1.81. The van der Waals surface area contributed by atoms with E-state index in [9.17, 15) is 4.79 Å². The van der Waals surface area contributed by atoms with Crippen LogP contribution in [0.4, 0.5) is 0 Å². The maximum Gasteiger partial charge on any atom is 0.495 e. The zero-order valence-electron chi connectivity index (χ0n) is 12.0. The molecule has 1 aliphatic heterocycles. The second-order valence-corrected chi connectivity index (χ2v) is 5.70. The molecule has 0 aliphatic carbocycles. The van der Waals surface area contributed by atoms with Crippen molar-refractivity contribution in [2.75, 3.05) is 7.11 Å². The van der Waals surface area contributed by atoms with Crippen LogP contribution in [0, 0.1) is 0 Å². The second-order valence-electron chi connectivity index (χ2n) is 5.70. The van der Waals surface area contributed by atoms with Crippen molar-refractivity contribution in [1.82, 2.24) is 0 Å². The van der Waals surface area contributed by atoms with E-state index in [4.69, 9.17) is 14.0 Å². The Kier molecular flexibility index (Phi) is 3.45. The molecule has 1 aliphatic rings. The molecule has 1 heterocycles. The summed E-state index contributed by atoms with van der Waals surface area (Å²) in [5.74, 6) is 0.676. The fourth-order valence-corrected chi connectivity index (χ4v) is 1.96. The molecular formula is C14H19BO4. The molecule has 1 aromatic carbocycles. The Labute approximate surface area is 114 Å². The monoisotopic (exact) mass is 262 g/mol. The van der Waals surface area contributed by atoms with Crippen molar-refractivity contribution in [3.05, 3.63) is 23.8 Å². The summed E-state index contributed by atoms with van der Waals surface area (Å²) >= 11 is 0. The predicted molar refractivity (Wildman–Crippen MR) is 74.1 cm³/mol. The van der Waals surface area contributed by atoms with E-state index >= 15 is 0 Å². The molecule has 1 saturated heterocycles. The summed E-state index contributed by atoms with van der Waals surface area (Å²) in [6.45, 7) is 7.92. The standard InChI is InChI=1S/C14H19BO4/c1-13(2)14(3,4)19-15(18-13)12-8-11(17-5)7-6-10(12)9-16/h6-9H,1-5H3. The third kappa shape index (κ3) is 2.40. The maximum atomic E-state index is 11.2. The van der Waals surface area contributed by atoms with Gasteiger partial charge in [0.1, 0.15) is 12.0 Å². The lowest BCUT2D eigenvalue weighted by molar-refractivity contribution is 0.00578. The van der Waals surface area contributed by atoms with Gasteiger partial charge >= 0.3 is 7.12 Å². The second kappa shape index (κ2) is 4.65. The first-order valence-electron chi connectivity index (χ1n) is 6.29. The molecule has 1 aromatic rings. The molecule has 102 valence electrons. The molecule has 0 atom stereocenters. The van der Waals surface area contributed by atoms with Gasteiger partial charge in [0.25, 0.3) is 0 Å². The minimum Gasteiger partial charge on any atom is -0.497 e. The first kappa shape index (κ1) is 14.1. The Morgan fingerprint density at radius 2 is 1.74 bits per heavy atom. The average Bonchev–Trinajstić information content (AvgIpc) is 2.57. The number of carbonyl (C=O) groups is 1. The van der Waals surface area contributed by atoms with E-state index < -0.39 is 18.3 Å². The summed E-state index contributed by atoms with van der Waals surface area (Å²) in [6.07, 6.45) is 0.805. The molecule has 1 fully saturated rings. The number of carbonyl (C=O) groups excluding carboxylic acids is 1. The lowest BCUT2D eigenvalue weighted by Crippen LogP contribution is -2.41. The summed E-state index contributed by atoms with van der Waals surface area (Å²) < 4.78 is 17.1. The molecule has 0 N–H and O–H groups in total. The minimum absolute atomic E-state index is 0.430. The Bertz CT molecular complexity index is 480. The van der Waals surface area contributed by atoms with E-state index in [0.717, 1.165) is 6.29 Å². The van der Waals surface area contributed by atoms with Crippen molar-refractivity contribution >= 4 is 18.9 Å². The molecule has 0 spiro atoms. The van der Waals surface area contributed by atoms with Gasteiger partial charge in [-0.2, -0.15) is 0 Å². The van der Waals surface area contributed by atoms with Gasteiger partial charge in [0.2, 0.25) is 0 Å². The Morgan fingerprint density at radius 1 is 1.16 bits per heavy atom. The summed E-state index contributed by atoms with van der Waals surface area (Å²) in [7, 11) is 1.03. The summed E-state index contributed by atoms with van der Waals surface area (Å²) in [4.78, 5) is 11.2. The Morgan fingerprint density at radius 3 is 2.21 bits per heavy atom. The Balaban J connectivity index is 2.40. The van der Waals surface area contributed by atoms with Crippen molar-refractivity contribution in [2.45, 2.75) is 38.9 Å². The number of benzene rings is 1. The zero-order valence-corrected chi connectivity index (χ0v) is 12.0. The first-order chi connectivity index (χ1) is 8.80. The topological polar surface area (TPSA) is 44.8 Å². The third-order valence-electron chi connectivity index (χ3n) is 3.93. The van der Waals surface area contributed by atoms with E-state index in [0.29, 0.717) is 16.8 Å². The van der Waals surface area contributed by atoms with Gasteiger partial charge in [0.05, 0.1) is 18.3 Å². The van der Waals surface area contributed by atoms with Crippen molar-refractivity contribution in [3.63, 3.8) is 0 Å². The molecule has 0 saturated carbocycles. The molecule has 4 nitrogen and oxygen atoms in total. The molecular weight excluding hydrogens is 243 g/mol. The fourth-order valence-electron chi connectivity index (χ4n) is 1.96. The molecule has 0 aromatic heterocycles. The summed E-state index contributed by atoms with van der Waals surface area (Å²) in [5.41, 5.74) is 0.397. The molecule has 0 amide bonds. The van der Waals surface area contributed by atoms with Crippen LogP contribution in [0.15, 0.2) is 18.2 Å². The highest BCUT2D eigenvalue weighted by molar-refractivity contribution is 6.63. The number of hydrogen-bond acceptors (Lipinski definition) is 4. The Hall–Kier alpha value is -1.33. The van der Waals surface area contributed by atoms with Crippen LogP contribution in [0.1, 0.15) is 38.1 Å².